The predicted molar refractivity (Wildman–Crippen MR) is 77.3 cm³/mol. The molecule has 0 heterocycles. The first kappa shape index (κ1) is 14.4. The number of benzene rings is 1. The van der Waals surface area contributed by atoms with Crippen molar-refractivity contribution in [3.8, 4) is 6.07 Å². The Hall–Kier alpha value is -1.69. The first-order chi connectivity index (χ1) is 8.13. The smallest absolute Gasteiger partial charge is 0.101 e. The number of nitrogens with two attached hydrogens (primary N) is 1. The molecule has 0 radical (unpaired) electrons. The van der Waals surface area contributed by atoms with Crippen LogP contribution >= 0.6 is 0 Å². The van der Waals surface area contributed by atoms with Gasteiger partial charge in [-0.25, -0.2) is 0 Å². The fraction of sp³-hybridized carbons (Fsp3) is 0.533. The number of nitrogens with one attached hydrogen (secondary N) is 1. The molecule has 0 saturated heterocycles. The largest absolute Gasteiger partial charge is 0.398 e. The van der Waals surface area contributed by atoms with Gasteiger partial charge in [-0.15, -0.1) is 0 Å². The van der Waals surface area contributed by atoms with Crippen LogP contribution in [-0.2, 0) is 0 Å². The highest BCUT2D eigenvalue weighted by molar-refractivity contribution is 5.63. The molecule has 3 heteroatoms. The van der Waals surface area contributed by atoms with E-state index in [0.717, 1.165) is 12.1 Å². The van der Waals surface area contributed by atoms with Gasteiger partial charge < -0.3 is 11.1 Å². The summed E-state index contributed by atoms with van der Waals surface area (Å²) in [6, 6.07) is 7.55. The van der Waals surface area contributed by atoms with Gasteiger partial charge in [0.25, 0.3) is 0 Å². The summed E-state index contributed by atoms with van der Waals surface area (Å²) in [6.45, 7) is 11.0. The van der Waals surface area contributed by atoms with E-state index in [1.165, 1.54) is 0 Å². The molecule has 98 valence electrons. The van der Waals surface area contributed by atoms with Gasteiger partial charge in [-0.1, -0.05) is 20.8 Å². The van der Waals surface area contributed by atoms with Gasteiger partial charge in [-0.3, -0.25) is 0 Å². The fourth-order valence-corrected chi connectivity index (χ4v) is 2.50. The maximum atomic E-state index is 8.84. The molecule has 0 bridgehead atoms. The van der Waals surface area contributed by atoms with Gasteiger partial charge in [0.2, 0.25) is 0 Å². The Morgan fingerprint density at radius 2 is 1.83 bits per heavy atom. The number of nitrogen functional groups attached to an aromatic ring is 1. The van der Waals surface area contributed by atoms with Gasteiger partial charge in [0.05, 0.1) is 11.3 Å². The third-order valence-electron chi connectivity index (χ3n) is 2.63. The molecule has 0 spiro atoms. The van der Waals surface area contributed by atoms with E-state index in [2.05, 4.69) is 46.0 Å². The number of anilines is 2. The molecular formula is C15H23N3. The Morgan fingerprint density at radius 1 is 1.22 bits per heavy atom. The third-order valence-corrected chi connectivity index (χ3v) is 2.63. The molecule has 1 aromatic carbocycles. The van der Waals surface area contributed by atoms with Crippen LogP contribution in [-0.4, -0.2) is 5.54 Å². The summed E-state index contributed by atoms with van der Waals surface area (Å²) in [4.78, 5) is 0. The van der Waals surface area contributed by atoms with Gasteiger partial charge in [-0.2, -0.15) is 5.26 Å². The van der Waals surface area contributed by atoms with Crippen LogP contribution in [0, 0.1) is 16.7 Å². The lowest BCUT2D eigenvalue weighted by Gasteiger charge is -2.34. The van der Waals surface area contributed by atoms with E-state index < -0.39 is 0 Å². The third kappa shape index (κ3) is 4.29. The average molecular weight is 245 g/mol. The van der Waals surface area contributed by atoms with Crippen LogP contribution in [0.5, 0.6) is 0 Å². The molecule has 3 nitrogen and oxygen atoms in total. The zero-order chi connectivity index (χ0) is 14.0. The normalized spacial score (nSPS) is 12.0. The zero-order valence-corrected chi connectivity index (χ0v) is 12.0. The topological polar surface area (TPSA) is 61.8 Å². The van der Waals surface area contributed by atoms with Crippen molar-refractivity contribution in [1.29, 1.82) is 5.26 Å². The minimum absolute atomic E-state index is 0.0150. The van der Waals surface area contributed by atoms with E-state index in [1.54, 1.807) is 6.07 Å². The molecule has 1 aromatic rings. The molecule has 0 saturated carbocycles. The Kier molecular flexibility index (Phi) is 3.91. The quantitative estimate of drug-likeness (QED) is 0.797. The van der Waals surface area contributed by atoms with Gasteiger partial charge in [-0.05, 0) is 43.9 Å². The number of nitriles is 1. The van der Waals surface area contributed by atoms with Gasteiger partial charge in [0.1, 0.15) is 6.07 Å². The van der Waals surface area contributed by atoms with E-state index in [-0.39, 0.29) is 11.0 Å². The minimum Gasteiger partial charge on any atom is -0.398 e. The molecule has 0 amide bonds. The second kappa shape index (κ2) is 4.89. The summed E-state index contributed by atoms with van der Waals surface area (Å²) in [6.07, 6.45) is 1.04. The second-order valence-corrected chi connectivity index (χ2v) is 6.66. The molecule has 0 aliphatic heterocycles. The van der Waals surface area contributed by atoms with Crippen LogP contribution in [0.15, 0.2) is 18.2 Å². The van der Waals surface area contributed by atoms with E-state index in [9.17, 15) is 0 Å². The van der Waals surface area contributed by atoms with E-state index in [1.807, 2.05) is 12.1 Å². The molecule has 0 unspecified atom stereocenters. The lowest BCUT2D eigenvalue weighted by Crippen LogP contribution is -2.35. The number of rotatable bonds is 3. The Labute approximate surface area is 110 Å². The van der Waals surface area contributed by atoms with Crippen molar-refractivity contribution < 1.29 is 0 Å². The summed E-state index contributed by atoms with van der Waals surface area (Å²) in [5.74, 6) is 0. The van der Waals surface area contributed by atoms with Crippen molar-refractivity contribution in [2.45, 2.75) is 46.6 Å². The highest BCUT2D eigenvalue weighted by Gasteiger charge is 2.25. The Balaban J connectivity index is 2.85. The number of hydrogen-bond acceptors (Lipinski definition) is 3. The number of nitrogens with zero attached hydrogens (tertiary/aromatic N) is 1. The average Bonchev–Trinajstić information content (AvgIpc) is 2.12. The molecular weight excluding hydrogens is 222 g/mol. The highest BCUT2D eigenvalue weighted by atomic mass is 15.0. The lowest BCUT2D eigenvalue weighted by atomic mass is 9.81. The molecule has 0 aromatic heterocycles. The van der Waals surface area contributed by atoms with Crippen molar-refractivity contribution in [2.24, 2.45) is 5.41 Å². The van der Waals surface area contributed by atoms with Crippen LogP contribution < -0.4 is 11.1 Å². The maximum Gasteiger partial charge on any atom is 0.101 e. The Bertz CT molecular complexity index is 462. The summed E-state index contributed by atoms with van der Waals surface area (Å²) in [5.41, 5.74) is 8.06. The molecule has 0 atom stereocenters. The number of hydrogen-bond donors (Lipinski definition) is 2. The maximum absolute atomic E-state index is 8.84. The predicted octanol–water partition coefficient (Wildman–Crippen LogP) is 3.77. The van der Waals surface area contributed by atoms with Crippen LogP contribution in [0.1, 0.15) is 46.6 Å². The van der Waals surface area contributed by atoms with Crippen LogP contribution in [0.4, 0.5) is 11.4 Å². The minimum atomic E-state index is -0.0150. The zero-order valence-electron chi connectivity index (χ0n) is 12.0. The monoisotopic (exact) mass is 245 g/mol. The van der Waals surface area contributed by atoms with E-state index >= 15 is 0 Å². The molecule has 0 fully saturated rings. The molecule has 3 N–H and O–H groups in total. The SMILES string of the molecule is CC(C)(C)CC(C)(C)Nc1ccc(C#N)c(N)c1. The molecule has 18 heavy (non-hydrogen) atoms. The van der Waals surface area contributed by atoms with Crippen molar-refractivity contribution in [1.82, 2.24) is 0 Å². The van der Waals surface area contributed by atoms with Crippen molar-refractivity contribution >= 4 is 11.4 Å². The van der Waals surface area contributed by atoms with Crippen molar-refractivity contribution in [3.05, 3.63) is 23.8 Å². The second-order valence-electron chi connectivity index (χ2n) is 6.66. The summed E-state index contributed by atoms with van der Waals surface area (Å²) in [5, 5.41) is 12.3. The van der Waals surface area contributed by atoms with Crippen LogP contribution in [0.3, 0.4) is 0 Å². The molecule has 1 rings (SSSR count). The molecule has 0 aliphatic rings. The van der Waals surface area contributed by atoms with Crippen LogP contribution in [0.2, 0.25) is 0 Å². The van der Waals surface area contributed by atoms with Gasteiger partial charge >= 0.3 is 0 Å². The molecule has 0 aliphatic carbocycles. The van der Waals surface area contributed by atoms with Gasteiger partial charge in [0.15, 0.2) is 0 Å². The summed E-state index contributed by atoms with van der Waals surface area (Å²) >= 11 is 0. The van der Waals surface area contributed by atoms with Crippen molar-refractivity contribution in [2.75, 3.05) is 11.1 Å². The standard InChI is InChI=1S/C15H23N3/c1-14(2,3)10-15(4,5)18-12-7-6-11(9-16)13(17)8-12/h6-8,18H,10,17H2,1-5H3. The van der Waals surface area contributed by atoms with Crippen LogP contribution in [0.25, 0.3) is 0 Å². The first-order valence-electron chi connectivity index (χ1n) is 6.21. The van der Waals surface area contributed by atoms with E-state index in [0.29, 0.717) is 11.3 Å². The van der Waals surface area contributed by atoms with Crippen molar-refractivity contribution in [3.63, 3.8) is 0 Å². The lowest BCUT2D eigenvalue weighted by molar-refractivity contribution is 0.302. The van der Waals surface area contributed by atoms with Gasteiger partial charge in [0, 0.05) is 11.2 Å². The summed E-state index contributed by atoms with van der Waals surface area (Å²) < 4.78 is 0. The highest BCUT2D eigenvalue weighted by Crippen LogP contribution is 2.30. The Morgan fingerprint density at radius 3 is 2.28 bits per heavy atom. The fourth-order valence-electron chi connectivity index (χ4n) is 2.50. The van der Waals surface area contributed by atoms with E-state index in [4.69, 9.17) is 11.0 Å². The first-order valence-corrected chi connectivity index (χ1v) is 6.21. The summed E-state index contributed by atoms with van der Waals surface area (Å²) in [7, 11) is 0.